The highest BCUT2D eigenvalue weighted by Crippen LogP contribution is 2.19. The van der Waals surface area contributed by atoms with E-state index in [1.165, 1.54) is 19.3 Å². The second kappa shape index (κ2) is 5.96. The molecule has 3 N–H and O–H groups in total. The summed E-state index contributed by atoms with van der Waals surface area (Å²) in [6.45, 7) is 1.39. The Bertz CT molecular complexity index is 541. The van der Waals surface area contributed by atoms with Crippen LogP contribution in [0.5, 0.6) is 0 Å². The van der Waals surface area contributed by atoms with E-state index in [9.17, 15) is 19.5 Å². The number of aliphatic carboxylic acids is 1. The van der Waals surface area contributed by atoms with Gasteiger partial charge in [-0.1, -0.05) is 0 Å². The van der Waals surface area contributed by atoms with E-state index in [0.29, 0.717) is 0 Å². The Morgan fingerprint density at radius 3 is 2.76 bits per heavy atom. The minimum absolute atomic E-state index is 0.0140. The maximum Gasteiger partial charge on any atom is 0.326 e. The van der Waals surface area contributed by atoms with Gasteiger partial charge in [-0.2, -0.15) is 0 Å². The summed E-state index contributed by atoms with van der Waals surface area (Å²) in [6.07, 6.45) is 0.446. The van der Waals surface area contributed by atoms with E-state index >= 15 is 0 Å². The normalized spacial score (nSPS) is 22.9. The second-order valence-electron chi connectivity index (χ2n) is 4.91. The van der Waals surface area contributed by atoms with E-state index in [1.807, 2.05) is 0 Å². The number of hydrogen-bond donors (Lipinski definition) is 3. The number of rotatable bonds is 4. The zero-order chi connectivity index (χ0) is 15.6. The Morgan fingerprint density at radius 1 is 1.48 bits per heavy atom. The standard InChI is InChI=1S/C13H16N2O6/c1-7(14-11(17)10-3-2-4-21-10)12(18)15-6-8(16)5-9(15)13(19)20/h2-4,7-9,16H,5-6H2,1H3,(H,14,17)(H,19,20)/t7?,8?,9-/m0/s1. The first-order valence-electron chi connectivity index (χ1n) is 6.46. The average molecular weight is 296 g/mol. The van der Waals surface area contributed by atoms with Gasteiger partial charge < -0.3 is 24.8 Å². The lowest BCUT2D eigenvalue weighted by Crippen LogP contribution is -2.50. The lowest BCUT2D eigenvalue weighted by Gasteiger charge is -2.24. The predicted molar refractivity (Wildman–Crippen MR) is 69.4 cm³/mol. The molecule has 0 spiro atoms. The quantitative estimate of drug-likeness (QED) is 0.685. The van der Waals surface area contributed by atoms with Gasteiger partial charge in [0.15, 0.2) is 5.76 Å². The number of carbonyl (C=O) groups excluding carboxylic acids is 2. The molecule has 1 aromatic rings. The third-order valence-corrected chi connectivity index (χ3v) is 3.31. The number of hydrogen-bond acceptors (Lipinski definition) is 5. The van der Waals surface area contributed by atoms with Crippen LogP contribution in [0.4, 0.5) is 0 Å². The van der Waals surface area contributed by atoms with Gasteiger partial charge in [0.05, 0.1) is 12.4 Å². The van der Waals surface area contributed by atoms with Gasteiger partial charge in [-0.25, -0.2) is 4.79 Å². The monoisotopic (exact) mass is 296 g/mol. The summed E-state index contributed by atoms with van der Waals surface area (Å²) in [6, 6.07) is 0.996. The summed E-state index contributed by atoms with van der Waals surface area (Å²) >= 11 is 0. The van der Waals surface area contributed by atoms with Crippen LogP contribution in [0.3, 0.4) is 0 Å². The van der Waals surface area contributed by atoms with Gasteiger partial charge in [-0.15, -0.1) is 0 Å². The fourth-order valence-electron chi connectivity index (χ4n) is 2.28. The van der Waals surface area contributed by atoms with Crippen molar-refractivity contribution in [3.8, 4) is 0 Å². The van der Waals surface area contributed by atoms with Crippen molar-refractivity contribution in [2.75, 3.05) is 6.54 Å². The smallest absolute Gasteiger partial charge is 0.326 e. The van der Waals surface area contributed by atoms with E-state index in [0.717, 1.165) is 4.90 Å². The van der Waals surface area contributed by atoms with Crippen molar-refractivity contribution in [3.05, 3.63) is 24.2 Å². The van der Waals surface area contributed by atoms with Gasteiger partial charge in [-0.05, 0) is 19.1 Å². The van der Waals surface area contributed by atoms with Crippen molar-refractivity contribution in [3.63, 3.8) is 0 Å². The molecule has 0 aromatic carbocycles. The molecule has 0 aliphatic carbocycles. The molecule has 1 saturated heterocycles. The topological polar surface area (TPSA) is 120 Å². The molecule has 21 heavy (non-hydrogen) atoms. The van der Waals surface area contributed by atoms with Gasteiger partial charge in [0.25, 0.3) is 5.91 Å². The van der Waals surface area contributed by atoms with E-state index in [-0.39, 0.29) is 18.7 Å². The first-order chi connectivity index (χ1) is 9.90. The molecule has 1 fully saturated rings. The van der Waals surface area contributed by atoms with Crippen LogP contribution in [-0.2, 0) is 9.59 Å². The zero-order valence-electron chi connectivity index (χ0n) is 11.4. The largest absolute Gasteiger partial charge is 0.480 e. The SMILES string of the molecule is CC(NC(=O)c1ccco1)C(=O)N1CC(O)C[C@H]1C(=O)O. The number of furan rings is 1. The number of likely N-dealkylation sites (tertiary alicyclic amines) is 1. The highest BCUT2D eigenvalue weighted by Gasteiger charge is 2.40. The van der Waals surface area contributed by atoms with Crippen LogP contribution in [0.1, 0.15) is 23.9 Å². The Balaban J connectivity index is 2.02. The summed E-state index contributed by atoms with van der Waals surface area (Å²) in [4.78, 5) is 36.1. The Labute approximate surface area is 120 Å². The van der Waals surface area contributed by atoms with Gasteiger partial charge in [0, 0.05) is 13.0 Å². The molecule has 2 amide bonds. The second-order valence-corrected chi connectivity index (χ2v) is 4.91. The van der Waals surface area contributed by atoms with Crippen molar-refractivity contribution in [1.82, 2.24) is 10.2 Å². The van der Waals surface area contributed by atoms with Crippen molar-refractivity contribution in [1.29, 1.82) is 0 Å². The number of amides is 2. The number of carboxylic acid groups (broad SMARTS) is 1. The van der Waals surface area contributed by atoms with E-state index in [1.54, 1.807) is 6.07 Å². The van der Waals surface area contributed by atoms with E-state index in [4.69, 9.17) is 9.52 Å². The van der Waals surface area contributed by atoms with Crippen molar-refractivity contribution in [2.45, 2.75) is 31.5 Å². The highest BCUT2D eigenvalue weighted by atomic mass is 16.4. The van der Waals surface area contributed by atoms with Crippen LogP contribution in [-0.4, -0.2) is 57.6 Å². The molecule has 1 aliphatic heterocycles. The van der Waals surface area contributed by atoms with Gasteiger partial charge in [-0.3, -0.25) is 9.59 Å². The zero-order valence-corrected chi connectivity index (χ0v) is 11.4. The van der Waals surface area contributed by atoms with Crippen molar-refractivity contribution < 1.29 is 29.0 Å². The number of nitrogens with zero attached hydrogens (tertiary/aromatic N) is 1. The molecule has 0 radical (unpaired) electrons. The summed E-state index contributed by atoms with van der Waals surface area (Å²) in [5.41, 5.74) is 0. The van der Waals surface area contributed by atoms with E-state index in [2.05, 4.69) is 5.32 Å². The first kappa shape index (κ1) is 15.0. The first-order valence-corrected chi connectivity index (χ1v) is 6.46. The Kier molecular flexibility index (Phi) is 4.27. The maximum atomic E-state index is 12.2. The highest BCUT2D eigenvalue weighted by molar-refractivity contribution is 5.96. The lowest BCUT2D eigenvalue weighted by atomic mass is 10.2. The number of β-amino-alcohol motifs (C(OH)–C–C–N with tert-alkyl or cyclic N) is 1. The number of aliphatic hydroxyl groups excluding tert-OH is 1. The maximum absolute atomic E-state index is 12.2. The molecule has 114 valence electrons. The molecular formula is C13H16N2O6. The van der Waals surface area contributed by atoms with Crippen LogP contribution in [0, 0.1) is 0 Å². The summed E-state index contributed by atoms with van der Waals surface area (Å²) < 4.78 is 4.91. The summed E-state index contributed by atoms with van der Waals surface area (Å²) in [5, 5.41) is 21.0. The molecule has 3 atom stereocenters. The van der Waals surface area contributed by atoms with Crippen LogP contribution in [0.15, 0.2) is 22.8 Å². The number of carboxylic acids is 1. The van der Waals surface area contributed by atoms with Crippen LogP contribution < -0.4 is 5.32 Å². The molecule has 8 heteroatoms. The fraction of sp³-hybridized carbons (Fsp3) is 0.462. The summed E-state index contributed by atoms with van der Waals surface area (Å²) in [7, 11) is 0. The molecule has 0 saturated carbocycles. The average Bonchev–Trinajstić information content (AvgIpc) is 3.06. The van der Waals surface area contributed by atoms with Crippen molar-refractivity contribution in [2.24, 2.45) is 0 Å². The number of nitrogens with one attached hydrogen (secondary N) is 1. The number of aliphatic hydroxyl groups is 1. The molecular weight excluding hydrogens is 280 g/mol. The summed E-state index contributed by atoms with van der Waals surface area (Å²) in [5.74, 6) is -2.23. The van der Waals surface area contributed by atoms with E-state index < -0.39 is 36.0 Å². The molecule has 8 nitrogen and oxygen atoms in total. The van der Waals surface area contributed by atoms with Crippen LogP contribution >= 0.6 is 0 Å². The lowest BCUT2D eigenvalue weighted by molar-refractivity contribution is -0.148. The van der Waals surface area contributed by atoms with Gasteiger partial charge in [0.2, 0.25) is 5.91 Å². The molecule has 2 heterocycles. The Hall–Kier alpha value is -2.35. The van der Waals surface area contributed by atoms with Gasteiger partial charge in [0.1, 0.15) is 12.1 Å². The minimum Gasteiger partial charge on any atom is -0.480 e. The molecule has 2 rings (SSSR count). The third-order valence-electron chi connectivity index (χ3n) is 3.31. The fourth-order valence-corrected chi connectivity index (χ4v) is 2.28. The number of carbonyl (C=O) groups is 3. The molecule has 1 aromatic heterocycles. The molecule has 2 unspecified atom stereocenters. The Morgan fingerprint density at radius 2 is 2.19 bits per heavy atom. The minimum atomic E-state index is -1.18. The van der Waals surface area contributed by atoms with Crippen LogP contribution in [0.25, 0.3) is 0 Å². The molecule has 1 aliphatic rings. The van der Waals surface area contributed by atoms with Crippen molar-refractivity contribution >= 4 is 17.8 Å². The van der Waals surface area contributed by atoms with Gasteiger partial charge >= 0.3 is 5.97 Å². The third kappa shape index (κ3) is 3.22. The molecule has 0 bridgehead atoms. The predicted octanol–water partition coefficient (Wildman–Crippen LogP) is -0.556. The van der Waals surface area contributed by atoms with Crippen LogP contribution in [0.2, 0.25) is 0 Å².